The molecule has 1 N–H and O–H groups in total. The Kier molecular flexibility index (Phi) is 5.56. The minimum Gasteiger partial charge on any atom is -0.361 e. The van der Waals surface area contributed by atoms with E-state index in [9.17, 15) is 18.0 Å². The van der Waals surface area contributed by atoms with E-state index >= 15 is 0 Å². The second-order valence-corrected chi connectivity index (χ2v) is 7.45. The van der Waals surface area contributed by atoms with Crippen LogP contribution in [0, 0.1) is 13.8 Å². The van der Waals surface area contributed by atoms with Crippen LogP contribution in [0.5, 0.6) is 0 Å². The van der Waals surface area contributed by atoms with Crippen LogP contribution in [0.1, 0.15) is 33.1 Å². The fraction of sp³-hybridized carbons (Fsp3) is 0.235. The van der Waals surface area contributed by atoms with E-state index in [0.717, 1.165) is 28.0 Å². The Hall–Kier alpha value is -2.33. The van der Waals surface area contributed by atoms with Crippen molar-refractivity contribution in [3.63, 3.8) is 0 Å². The number of rotatable bonds is 5. The van der Waals surface area contributed by atoms with Gasteiger partial charge in [-0.2, -0.15) is 13.2 Å². The lowest BCUT2D eigenvalue weighted by atomic mass is 10.2. The van der Waals surface area contributed by atoms with Gasteiger partial charge < -0.3 is 4.52 Å². The molecule has 1 amide bonds. The lowest BCUT2D eigenvalue weighted by Gasteiger charge is -2.08. The van der Waals surface area contributed by atoms with Crippen molar-refractivity contribution in [2.75, 3.05) is 5.32 Å². The Balaban J connectivity index is 1.75. The third-order valence-electron chi connectivity index (χ3n) is 3.70. The van der Waals surface area contributed by atoms with Crippen LogP contribution in [0.3, 0.4) is 0 Å². The molecule has 3 rings (SSSR count). The molecule has 0 radical (unpaired) electrons. The number of hydrogen-bond acceptors (Lipinski definition) is 6. The molecular weight excluding hydrogens is 399 g/mol. The van der Waals surface area contributed by atoms with Gasteiger partial charge in [-0.15, -0.1) is 23.1 Å². The first kappa shape index (κ1) is 19.4. The highest BCUT2D eigenvalue weighted by atomic mass is 32.2. The summed E-state index contributed by atoms with van der Waals surface area (Å²) in [4.78, 5) is 16.6. The van der Waals surface area contributed by atoms with Crippen LogP contribution in [0.2, 0.25) is 0 Å². The van der Waals surface area contributed by atoms with E-state index in [4.69, 9.17) is 4.52 Å². The molecule has 3 aromatic rings. The monoisotopic (exact) mass is 413 g/mol. The molecule has 2 aromatic heterocycles. The third kappa shape index (κ3) is 4.51. The summed E-state index contributed by atoms with van der Waals surface area (Å²) in [5, 5.41) is 7.10. The van der Waals surface area contributed by atoms with E-state index in [1.807, 2.05) is 13.8 Å². The fourth-order valence-corrected chi connectivity index (χ4v) is 4.18. The predicted molar refractivity (Wildman–Crippen MR) is 97.0 cm³/mol. The van der Waals surface area contributed by atoms with Gasteiger partial charge in [-0.3, -0.25) is 10.1 Å². The van der Waals surface area contributed by atoms with Gasteiger partial charge >= 0.3 is 6.18 Å². The zero-order valence-electron chi connectivity index (χ0n) is 14.3. The van der Waals surface area contributed by atoms with Gasteiger partial charge in [0.2, 0.25) is 0 Å². The Morgan fingerprint density at radius 3 is 2.67 bits per heavy atom. The molecule has 27 heavy (non-hydrogen) atoms. The first-order chi connectivity index (χ1) is 12.8. The van der Waals surface area contributed by atoms with E-state index < -0.39 is 17.8 Å². The Bertz CT molecular complexity index is 947. The zero-order chi connectivity index (χ0) is 19.6. The SMILES string of the molecule is Cc1noc(C)c1CSc1ccccc1C(=O)Nc1nc(C(F)(F)F)cs1. The molecule has 0 spiro atoms. The van der Waals surface area contributed by atoms with E-state index in [-0.39, 0.29) is 5.13 Å². The molecule has 1 aromatic carbocycles. The molecule has 0 fully saturated rings. The van der Waals surface area contributed by atoms with Gasteiger partial charge in [0.25, 0.3) is 5.91 Å². The van der Waals surface area contributed by atoms with Crippen molar-refractivity contribution in [1.82, 2.24) is 10.1 Å². The maximum Gasteiger partial charge on any atom is 0.434 e. The predicted octanol–water partition coefficient (Wildman–Crippen LogP) is 5.31. The van der Waals surface area contributed by atoms with Crippen molar-refractivity contribution in [2.24, 2.45) is 0 Å². The number of nitrogens with one attached hydrogen (secondary N) is 1. The molecule has 0 unspecified atom stereocenters. The molecule has 0 atom stereocenters. The molecule has 0 saturated heterocycles. The highest BCUT2D eigenvalue weighted by molar-refractivity contribution is 7.98. The number of aryl methyl sites for hydroxylation is 2. The summed E-state index contributed by atoms with van der Waals surface area (Å²) >= 11 is 2.15. The van der Waals surface area contributed by atoms with Crippen molar-refractivity contribution < 1.29 is 22.5 Å². The van der Waals surface area contributed by atoms with E-state index in [2.05, 4.69) is 15.5 Å². The van der Waals surface area contributed by atoms with Crippen LogP contribution in [0.15, 0.2) is 39.1 Å². The van der Waals surface area contributed by atoms with Gasteiger partial charge in [0, 0.05) is 21.6 Å². The molecule has 0 aliphatic carbocycles. The van der Waals surface area contributed by atoms with Gasteiger partial charge in [0.05, 0.1) is 11.3 Å². The van der Waals surface area contributed by atoms with E-state index in [1.165, 1.54) is 11.8 Å². The fourth-order valence-electron chi connectivity index (χ4n) is 2.26. The number of hydrogen-bond donors (Lipinski definition) is 1. The molecule has 142 valence electrons. The number of thiazole rings is 1. The van der Waals surface area contributed by atoms with Crippen molar-refractivity contribution >= 4 is 34.1 Å². The van der Waals surface area contributed by atoms with Crippen LogP contribution >= 0.6 is 23.1 Å². The number of carbonyl (C=O) groups excluding carboxylic acids is 1. The van der Waals surface area contributed by atoms with Crippen LogP contribution in [-0.2, 0) is 11.9 Å². The second kappa shape index (κ2) is 7.73. The second-order valence-electron chi connectivity index (χ2n) is 5.58. The molecule has 0 bridgehead atoms. The number of benzene rings is 1. The first-order valence-electron chi connectivity index (χ1n) is 7.73. The molecule has 0 aliphatic rings. The summed E-state index contributed by atoms with van der Waals surface area (Å²) in [6.07, 6.45) is -4.54. The third-order valence-corrected chi connectivity index (χ3v) is 5.56. The van der Waals surface area contributed by atoms with E-state index in [0.29, 0.717) is 22.0 Å². The summed E-state index contributed by atoms with van der Waals surface area (Å²) in [7, 11) is 0. The Morgan fingerprint density at radius 2 is 2.04 bits per heavy atom. The highest BCUT2D eigenvalue weighted by Gasteiger charge is 2.34. The lowest BCUT2D eigenvalue weighted by molar-refractivity contribution is -0.140. The summed E-state index contributed by atoms with van der Waals surface area (Å²) in [5.41, 5.74) is 1.07. The number of anilines is 1. The van der Waals surface area contributed by atoms with Gasteiger partial charge in [-0.25, -0.2) is 4.98 Å². The summed E-state index contributed by atoms with van der Waals surface area (Å²) in [6.45, 7) is 3.65. The topological polar surface area (TPSA) is 68.0 Å². The van der Waals surface area contributed by atoms with Crippen LogP contribution in [-0.4, -0.2) is 16.0 Å². The normalized spacial score (nSPS) is 11.6. The summed E-state index contributed by atoms with van der Waals surface area (Å²) < 4.78 is 43.1. The first-order valence-corrected chi connectivity index (χ1v) is 9.60. The van der Waals surface area contributed by atoms with Crippen molar-refractivity contribution in [1.29, 1.82) is 0 Å². The molecule has 2 heterocycles. The average Bonchev–Trinajstić information content (AvgIpc) is 3.20. The molecule has 0 aliphatic heterocycles. The van der Waals surface area contributed by atoms with Gasteiger partial charge in [0.1, 0.15) is 5.76 Å². The standard InChI is InChI=1S/C17H14F3N3O2S2/c1-9-12(10(2)25-23-9)7-26-13-6-4-3-5-11(13)15(24)22-16-21-14(8-27-16)17(18,19)20/h3-6,8H,7H2,1-2H3,(H,21,22,24). The minimum atomic E-state index is -4.54. The largest absolute Gasteiger partial charge is 0.434 e. The average molecular weight is 413 g/mol. The van der Waals surface area contributed by atoms with Crippen LogP contribution in [0.25, 0.3) is 0 Å². The maximum atomic E-state index is 12.6. The summed E-state index contributed by atoms with van der Waals surface area (Å²) in [6, 6.07) is 6.87. The molecule has 5 nitrogen and oxygen atoms in total. The van der Waals surface area contributed by atoms with Gasteiger partial charge in [-0.05, 0) is 26.0 Å². The number of carbonyl (C=O) groups is 1. The van der Waals surface area contributed by atoms with Crippen molar-refractivity contribution in [3.05, 3.63) is 57.9 Å². The Labute approximate surface area is 161 Å². The quantitative estimate of drug-likeness (QED) is 0.574. The van der Waals surface area contributed by atoms with E-state index in [1.54, 1.807) is 24.3 Å². The number of thioether (sulfide) groups is 1. The van der Waals surface area contributed by atoms with Gasteiger partial charge in [0.15, 0.2) is 10.8 Å². The molecule has 0 saturated carbocycles. The smallest absolute Gasteiger partial charge is 0.361 e. The molecular formula is C17H14F3N3O2S2. The van der Waals surface area contributed by atoms with Crippen molar-refractivity contribution in [3.8, 4) is 0 Å². The van der Waals surface area contributed by atoms with Gasteiger partial charge in [-0.1, -0.05) is 17.3 Å². The highest BCUT2D eigenvalue weighted by Crippen LogP contribution is 2.33. The zero-order valence-corrected chi connectivity index (χ0v) is 15.9. The lowest BCUT2D eigenvalue weighted by Crippen LogP contribution is -2.13. The van der Waals surface area contributed by atoms with Crippen molar-refractivity contribution in [2.45, 2.75) is 30.7 Å². The number of alkyl halides is 3. The molecule has 10 heteroatoms. The van der Waals surface area contributed by atoms with Crippen LogP contribution < -0.4 is 5.32 Å². The summed E-state index contributed by atoms with van der Waals surface area (Å²) in [5.74, 6) is 0.755. The number of amides is 1. The number of halogens is 3. The maximum absolute atomic E-state index is 12.6. The number of nitrogens with zero attached hydrogens (tertiary/aromatic N) is 2. The number of aromatic nitrogens is 2. The minimum absolute atomic E-state index is 0.0992. The van der Waals surface area contributed by atoms with Crippen LogP contribution in [0.4, 0.5) is 18.3 Å². The Morgan fingerprint density at radius 1 is 1.30 bits per heavy atom.